The Kier molecular flexibility index (Phi) is 5.63. The Hall–Kier alpha value is -3.41. The summed E-state index contributed by atoms with van der Waals surface area (Å²) in [5, 5.41) is 3.43. The molecule has 0 unspecified atom stereocenters. The molecular formula is C24H15Cl2NO4. The molecular weight excluding hydrogens is 437 g/mol. The molecule has 1 aliphatic rings. The lowest BCUT2D eigenvalue weighted by molar-refractivity contribution is -0.111. The smallest absolute Gasteiger partial charge is 0.248 e. The SMILES string of the molecule is COc1c(Cl)cc(Cl)cc1C=CC(=O)Nc1ccc2c(c1)C(=O)c1ccccc1C2=O. The van der Waals surface area contributed by atoms with Crippen molar-refractivity contribution in [2.45, 2.75) is 0 Å². The van der Waals surface area contributed by atoms with E-state index in [2.05, 4.69) is 5.32 Å². The summed E-state index contributed by atoms with van der Waals surface area (Å²) in [7, 11) is 1.47. The van der Waals surface area contributed by atoms with Crippen LogP contribution in [0, 0.1) is 0 Å². The van der Waals surface area contributed by atoms with Gasteiger partial charge in [-0.1, -0.05) is 47.5 Å². The Balaban J connectivity index is 1.58. The van der Waals surface area contributed by atoms with Crippen molar-refractivity contribution in [1.82, 2.24) is 0 Å². The summed E-state index contributed by atoms with van der Waals surface area (Å²) in [5.74, 6) is -0.511. The van der Waals surface area contributed by atoms with Crippen molar-refractivity contribution in [3.8, 4) is 5.75 Å². The highest BCUT2D eigenvalue weighted by atomic mass is 35.5. The average molecular weight is 452 g/mol. The fraction of sp³-hybridized carbons (Fsp3) is 0.0417. The van der Waals surface area contributed by atoms with Crippen molar-refractivity contribution in [3.63, 3.8) is 0 Å². The molecule has 3 aromatic carbocycles. The molecule has 0 radical (unpaired) electrons. The molecule has 1 aliphatic carbocycles. The summed E-state index contributed by atoms with van der Waals surface area (Å²) < 4.78 is 5.25. The van der Waals surface area contributed by atoms with Gasteiger partial charge in [0, 0.05) is 44.6 Å². The first-order valence-corrected chi connectivity index (χ1v) is 9.99. The highest BCUT2D eigenvalue weighted by Gasteiger charge is 2.29. The van der Waals surface area contributed by atoms with Crippen LogP contribution < -0.4 is 10.1 Å². The average Bonchev–Trinajstić information content (AvgIpc) is 2.75. The van der Waals surface area contributed by atoms with Crippen molar-refractivity contribution >= 4 is 52.4 Å². The van der Waals surface area contributed by atoms with Gasteiger partial charge in [0.2, 0.25) is 5.91 Å². The number of methoxy groups -OCH3 is 1. The third kappa shape index (κ3) is 3.98. The zero-order valence-electron chi connectivity index (χ0n) is 16.2. The van der Waals surface area contributed by atoms with Gasteiger partial charge in [0.05, 0.1) is 12.1 Å². The number of hydrogen-bond acceptors (Lipinski definition) is 4. The van der Waals surface area contributed by atoms with Crippen LogP contribution in [0.2, 0.25) is 10.0 Å². The first kappa shape index (κ1) is 20.8. The van der Waals surface area contributed by atoms with Gasteiger partial charge in [0.1, 0.15) is 5.75 Å². The number of amides is 1. The van der Waals surface area contributed by atoms with Gasteiger partial charge in [-0.05, 0) is 36.4 Å². The Morgan fingerprint density at radius 3 is 2.23 bits per heavy atom. The summed E-state index contributed by atoms with van der Waals surface area (Å²) in [6, 6.07) is 14.5. The molecule has 154 valence electrons. The molecule has 0 fully saturated rings. The van der Waals surface area contributed by atoms with Gasteiger partial charge in [-0.2, -0.15) is 0 Å². The van der Waals surface area contributed by atoms with Crippen LogP contribution in [-0.4, -0.2) is 24.6 Å². The van der Waals surface area contributed by atoms with Crippen LogP contribution in [0.5, 0.6) is 5.75 Å². The van der Waals surface area contributed by atoms with Gasteiger partial charge >= 0.3 is 0 Å². The van der Waals surface area contributed by atoms with Gasteiger partial charge in [0.25, 0.3) is 0 Å². The van der Waals surface area contributed by atoms with Crippen LogP contribution >= 0.6 is 23.2 Å². The Morgan fingerprint density at radius 1 is 0.903 bits per heavy atom. The second-order valence-corrected chi connectivity index (χ2v) is 7.64. The van der Waals surface area contributed by atoms with Gasteiger partial charge in [-0.15, -0.1) is 0 Å². The topological polar surface area (TPSA) is 72.5 Å². The molecule has 1 N–H and O–H groups in total. The maximum absolute atomic E-state index is 12.8. The van der Waals surface area contributed by atoms with Crippen LogP contribution in [0.1, 0.15) is 37.4 Å². The standard InChI is InChI=1S/C24H15Cl2NO4/c1-31-24-13(10-14(25)11-20(24)26)6-9-21(28)27-15-7-8-18-19(12-15)23(30)17-5-3-2-4-16(17)22(18)29/h2-12H,1H3,(H,27,28). The van der Waals surface area contributed by atoms with Crippen LogP contribution in [0.3, 0.4) is 0 Å². The molecule has 0 aliphatic heterocycles. The van der Waals surface area contributed by atoms with Gasteiger partial charge in [-0.3, -0.25) is 14.4 Å². The van der Waals surface area contributed by atoms with E-state index in [0.29, 0.717) is 43.7 Å². The lowest BCUT2D eigenvalue weighted by atomic mass is 9.84. The monoisotopic (exact) mass is 451 g/mol. The molecule has 3 aromatic rings. The molecule has 0 atom stereocenters. The van der Waals surface area contributed by atoms with E-state index >= 15 is 0 Å². The van der Waals surface area contributed by atoms with Crippen LogP contribution in [-0.2, 0) is 4.79 Å². The number of benzene rings is 3. The summed E-state index contributed by atoms with van der Waals surface area (Å²) in [4.78, 5) is 37.9. The Morgan fingerprint density at radius 2 is 1.55 bits per heavy atom. The molecule has 5 nitrogen and oxygen atoms in total. The number of carbonyl (C=O) groups is 3. The van der Waals surface area contributed by atoms with E-state index in [1.807, 2.05) is 0 Å². The van der Waals surface area contributed by atoms with Gasteiger partial charge < -0.3 is 10.1 Å². The number of ketones is 2. The maximum Gasteiger partial charge on any atom is 0.248 e. The molecule has 1 amide bonds. The minimum atomic E-state index is -0.437. The summed E-state index contributed by atoms with van der Waals surface area (Å²) in [5.41, 5.74) is 2.24. The first-order valence-electron chi connectivity index (χ1n) is 9.23. The highest BCUT2D eigenvalue weighted by molar-refractivity contribution is 6.36. The van der Waals surface area contributed by atoms with E-state index in [-0.39, 0.29) is 17.1 Å². The normalized spacial score (nSPS) is 12.5. The van der Waals surface area contributed by atoms with Crippen molar-refractivity contribution < 1.29 is 19.1 Å². The van der Waals surface area contributed by atoms with E-state index in [0.717, 1.165) is 0 Å². The van der Waals surface area contributed by atoms with Crippen molar-refractivity contribution in [1.29, 1.82) is 0 Å². The molecule has 7 heteroatoms. The molecule has 0 heterocycles. The minimum Gasteiger partial charge on any atom is -0.495 e. The number of halogens is 2. The van der Waals surface area contributed by atoms with Crippen molar-refractivity contribution in [2.75, 3.05) is 12.4 Å². The number of fused-ring (bicyclic) bond motifs is 2. The number of nitrogens with one attached hydrogen (secondary N) is 1. The maximum atomic E-state index is 12.8. The molecule has 0 bridgehead atoms. The summed E-state index contributed by atoms with van der Waals surface area (Å²) in [6.45, 7) is 0. The van der Waals surface area contributed by atoms with E-state index in [1.54, 1.807) is 48.5 Å². The van der Waals surface area contributed by atoms with Crippen molar-refractivity contribution in [2.24, 2.45) is 0 Å². The quantitative estimate of drug-likeness (QED) is 0.419. The summed E-state index contributed by atoms with van der Waals surface area (Å²) in [6.07, 6.45) is 2.82. The molecule has 0 saturated carbocycles. The van der Waals surface area contributed by atoms with E-state index in [1.165, 1.54) is 25.3 Å². The second-order valence-electron chi connectivity index (χ2n) is 6.80. The fourth-order valence-electron chi connectivity index (χ4n) is 3.45. The molecule has 0 saturated heterocycles. The van der Waals surface area contributed by atoms with Gasteiger partial charge in [0.15, 0.2) is 11.6 Å². The van der Waals surface area contributed by atoms with Gasteiger partial charge in [-0.25, -0.2) is 0 Å². The van der Waals surface area contributed by atoms with E-state index in [4.69, 9.17) is 27.9 Å². The highest BCUT2D eigenvalue weighted by Crippen LogP contribution is 2.33. The zero-order valence-corrected chi connectivity index (χ0v) is 17.8. The third-order valence-electron chi connectivity index (χ3n) is 4.85. The predicted octanol–water partition coefficient (Wildman–Crippen LogP) is 5.43. The summed E-state index contributed by atoms with van der Waals surface area (Å²) >= 11 is 12.1. The lowest BCUT2D eigenvalue weighted by Gasteiger charge is -2.18. The number of rotatable bonds is 4. The number of anilines is 1. The fourth-order valence-corrected chi connectivity index (χ4v) is 4.03. The minimum absolute atomic E-state index is 0.215. The largest absolute Gasteiger partial charge is 0.495 e. The number of carbonyl (C=O) groups excluding carboxylic acids is 3. The molecule has 0 spiro atoms. The molecule has 0 aromatic heterocycles. The number of ether oxygens (including phenoxy) is 1. The van der Waals surface area contributed by atoms with Crippen LogP contribution in [0.15, 0.2) is 60.7 Å². The second kappa shape index (κ2) is 8.38. The van der Waals surface area contributed by atoms with Crippen molar-refractivity contribution in [3.05, 3.63) is 98.5 Å². The first-order chi connectivity index (χ1) is 14.9. The van der Waals surface area contributed by atoms with E-state index < -0.39 is 5.91 Å². The third-order valence-corrected chi connectivity index (χ3v) is 5.35. The van der Waals surface area contributed by atoms with E-state index in [9.17, 15) is 14.4 Å². The predicted molar refractivity (Wildman–Crippen MR) is 120 cm³/mol. The van der Waals surface area contributed by atoms with Crippen LogP contribution in [0.4, 0.5) is 5.69 Å². The van der Waals surface area contributed by atoms with Crippen LogP contribution in [0.25, 0.3) is 6.08 Å². The number of hydrogen-bond donors (Lipinski definition) is 1. The lowest BCUT2D eigenvalue weighted by Crippen LogP contribution is -2.21. The zero-order chi connectivity index (χ0) is 22.1. The Bertz CT molecular complexity index is 1280. The molecule has 31 heavy (non-hydrogen) atoms. The Labute approximate surface area is 188 Å². The molecule has 4 rings (SSSR count).